The number of nitrogens with zero attached hydrogens (tertiary/aromatic N) is 2. The van der Waals surface area contributed by atoms with Crippen LogP contribution < -0.4 is 10.9 Å². The van der Waals surface area contributed by atoms with Crippen LogP contribution in [0.3, 0.4) is 0 Å². The quantitative estimate of drug-likeness (QED) is 0.832. The van der Waals surface area contributed by atoms with Gasteiger partial charge in [-0.25, -0.2) is 0 Å². The van der Waals surface area contributed by atoms with E-state index < -0.39 is 0 Å². The standard InChI is InChI=1S/C20H23N3O4S/c1-27-7-6-18(24)22-10-13-9-14(12-22)16-5-4-15(20(26)23(16)11-13)21-19(25)17-3-2-8-28-17/h2-5,8,13-14H,6-7,9-12H2,1H3,(H,21,25). The molecule has 2 unspecified atom stereocenters. The lowest BCUT2D eigenvalue weighted by Gasteiger charge is -2.43. The maximum atomic E-state index is 13.0. The lowest BCUT2D eigenvalue weighted by atomic mass is 9.83. The van der Waals surface area contributed by atoms with E-state index in [1.165, 1.54) is 11.3 Å². The zero-order valence-electron chi connectivity index (χ0n) is 15.7. The molecule has 0 aromatic carbocycles. The highest BCUT2D eigenvalue weighted by Crippen LogP contribution is 2.35. The van der Waals surface area contributed by atoms with Gasteiger partial charge in [0.05, 0.1) is 17.9 Å². The molecular weight excluding hydrogens is 378 g/mol. The number of ether oxygens (including phenoxy) is 1. The zero-order chi connectivity index (χ0) is 19.7. The highest BCUT2D eigenvalue weighted by Gasteiger charge is 2.36. The summed E-state index contributed by atoms with van der Waals surface area (Å²) in [5, 5.41) is 4.57. The monoisotopic (exact) mass is 401 g/mol. The fourth-order valence-electron chi connectivity index (χ4n) is 4.18. The van der Waals surface area contributed by atoms with E-state index in [1.807, 2.05) is 16.3 Å². The molecule has 2 aromatic heterocycles. The first-order valence-electron chi connectivity index (χ1n) is 9.42. The molecule has 0 saturated carbocycles. The van der Waals surface area contributed by atoms with Crippen LogP contribution in [0.15, 0.2) is 34.4 Å². The zero-order valence-corrected chi connectivity index (χ0v) is 16.5. The molecule has 8 heteroatoms. The van der Waals surface area contributed by atoms with Gasteiger partial charge < -0.3 is 19.5 Å². The lowest BCUT2D eigenvalue weighted by molar-refractivity contribution is -0.134. The van der Waals surface area contributed by atoms with Crippen molar-refractivity contribution in [3.05, 3.63) is 50.6 Å². The molecule has 2 aromatic rings. The number of nitrogens with one attached hydrogen (secondary N) is 1. The number of thiophene rings is 1. The van der Waals surface area contributed by atoms with Crippen LogP contribution >= 0.6 is 11.3 Å². The van der Waals surface area contributed by atoms with Crippen LogP contribution in [0.2, 0.25) is 0 Å². The van der Waals surface area contributed by atoms with Gasteiger partial charge in [0.15, 0.2) is 0 Å². The van der Waals surface area contributed by atoms with Crippen LogP contribution in [-0.4, -0.2) is 48.1 Å². The van der Waals surface area contributed by atoms with Gasteiger partial charge in [0.25, 0.3) is 11.5 Å². The fourth-order valence-corrected chi connectivity index (χ4v) is 4.80. The molecule has 0 radical (unpaired) electrons. The molecule has 0 spiro atoms. The summed E-state index contributed by atoms with van der Waals surface area (Å²) in [6, 6.07) is 7.14. The maximum absolute atomic E-state index is 13.0. The predicted octanol–water partition coefficient (Wildman–Crippen LogP) is 2.14. The Kier molecular flexibility index (Phi) is 5.32. The number of likely N-dealkylation sites (tertiary alicyclic amines) is 1. The summed E-state index contributed by atoms with van der Waals surface area (Å²) in [4.78, 5) is 40.1. The van der Waals surface area contributed by atoms with Crippen LogP contribution in [0.25, 0.3) is 0 Å². The number of amides is 2. The van der Waals surface area contributed by atoms with Crippen molar-refractivity contribution in [3.8, 4) is 0 Å². The number of anilines is 1. The Morgan fingerprint density at radius 2 is 2.11 bits per heavy atom. The Bertz CT molecular complexity index is 937. The van der Waals surface area contributed by atoms with Gasteiger partial charge in [-0.1, -0.05) is 6.07 Å². The van der Waals surface area contributed by atoms with E-state index in [9.17, 15) is 14.4 Å². The number of piperidine rings is 1. The van der Waals surface area contributed by atoms with E-state index in [4.69, 9.17) is 4.74 Å². The molecule has 1 saturated heterocycles. The van der Waals surface area contributed by atoms with E-state index in [-0.39, 0.29) is 29.2 Å². The smallest absolute Gasteiger partial charge is 0.274 e. The first-order valence-corrected chi connectivity index (χ1v) is 10.3. The number of pyridine rings is 1. The van der Waals surface area contributed by atoms with Crippen molar-refractivity contribution in [1.82, 2.24) is 9.47 Å². The predicted molar refractivity (Wildman–Crippen MR) is 107 cm³/mol. The Balaban J connectivity index is 1.54. The Morgan fingerprint density at radius 3 is 2.86 bits per heavy atom. The SMILES string of the molecule is COCCC(=O)N1CC2CC(C1)c1ccc(NC(=O)c3cccs3)c(=O)n1C2. The van der Waals surface area contributed by atoms with Crippen molar-refractivity contribution in [3.63, 3.8) is 0 Å². The molecule has 4 rings (SSSR count). The number of hydrogen-bond donors (Lipinski definition) is 1. The number of aromatic nitrogens is 1. The van der Waals surface area contributed by atoms with Crippen molar-refractivity contribution in [2.75, 3.05) is 32.1 Å². The van der Waals surface area contributed by atoms with Crippen LogP contribution in [-0.2, 0) is 16.1 Å². The Hall–Kier alpha value is -2.45. The summed E-state index contributed by atoms with van der Waals surface area (Å²) in [6.07, 6.45) is 1.37. The Morgan fingerprint density at radius 1 is 1.25 bits per heavy atom. The van der Waals surface area contributed by atoms with Gasteiger partial charge in [-0.2, -0.15) is 0 Å². The molecule has 148 valence electrons. The van der Waals surface area contributed by atoms with Gasteiger partial charge in [0.1, 0.15) is 5.69 Å². The van der Waals surface area contributed by atoms with Crippen LogP contribution in [0.5, 0.6) is 0 Å². The topological polar surface area (TPSA) is 80.6 Å². The van der Waals surface area contributed by atoms with E-state index in [1.54, 1.807) is 29.9 Å². The molecular formula is C20H23N3O4S. The number of methoxy groups -OCH3 is 1. The molecule has 2 bridgehead atoms. The summed E-state index contributed by atoms with van der Waals surface area (Å²) in [5.74, 6) is 0.234. The molecule has 0 aliphatic carbocycles. The number of carbonyl (C=O) groups is 2. The van der Waals surface area contributed by atoms with Crippen LogP contribution in [0.1, 0.15) is 34.1 Å². The van der Waals surface area contributed by atoms with Crippen molar-refractivity contribution in [2.24, 2.45) is 5.92 Å². The molecule has 1 fully saturated rings. The fraction of sp³-hybridized carbons (Fsp3) is 0.450. The third-order valence-electron chi connectivity index (χ3n) is 5.47. The van der Waals surface area contributed by atoms with Crippen molar-refractivity contribution in [1.29, 1.82) is 0 Å². The van der Waals surface area contributed by atoms with Crippen LogP contribution in [0, 0.1) is 5.92 Å². The van der Waals surface area contributed by atoms with Gasteiger partial charge >= 0.3 is 0 Å². The van der Waals surface area contributed by atoms with Crippen molar-refractivity contribution >= 4 is 28.8 Å². The summed E-state index contributed by atoms with van der Waals surface area (Å²) < 4.78 is 6.79. The highest BCUT2D eigenvalue weighted by molar-refractivity contribution is 7.12. The van der Waals surface area contributed by atoms with Gasteiger partial charge in [-0.3, -0.25) is 14.4 Å². The number of hydrogen-bond acceptors (Lipinski definition) is 5. The number of rotatable bonds is 5. The average Bonchev–Trinajstić information content (AvgIpc) is 3.23. The van der Waals surface area contributed by atoms with Gasteiger partial charge in [-0.05, 0) is 35.9 Å². The van der Waals surface area contributed by atoms with E-state index in [2.05, 4.69) is 5.32 Å². The second kappa shape index (κ2) is 7.89. The van der Waals surface area contributed by atoms with Crippen molar-refractivity contribution in [2.45, 2.75) is 25.3 Å². The third kappa shape index (κ3) is 3.62. The highest BCUT2D eigenvalue weighted by atomic mass is 32.1. The molecule has 1 N–H and O–H groups in total. The second-order valence-electron chi connectivity index (χ2n) is 7.36. The average molecular weight is 401 g/mol. The molecule has 2 aliphatic heterocycles. The lowest BCUT2D eigenvalue weighted by Crippen LogP contribution is -2.49. The van der Waals surface area contributed by atoms with E-state index in [0.29, 0.717) is 43.2 Å². The molecule has 4 heterocycles. The minimum atomic E-state index is -0.265. The van der Waals surface area contributed by atoms with Gasteiger partial charge in [0, 0.05) is 38.4 Å². The normalized spacial score (nSPS) is 20.5. The second-order valence-corrected chi connectivity index (χ2v) is 8.31. The first kappa shape index (κ1) is 18.9. The summed E-state index contributed by atoms with van der Waals surface area (Å²) in [7, 11) is 1.59. The van der Waals surface area contributed by atoms with Gasteiger partial charge in [0.2, 0.25) is 5.91 Å². The molecule has 2 atom stereocenters. The van der Waals surface area contributed by atoms with E-state index >= 15 is 0 Å². The first-order chi connectivity index (χ1) is 13.6. The summed E-state index contributed by atoms with van der Waals surface area (Å²) in [6.45, 7) is 2.28. The summed E-state index contributed by atoms with van der Waals surface area (Å²) in [5.41, 5.74) is 1.08. The minimum Gasteiger partial charge on any atom is -0.384 e. The Labute approximate surface area is 166 Å². The van der Waals surface area contributed by atoms with Gasteiger partial charge in [-0.15, -0.1) is 11.3 Å². The molecule has 28 heavy (non-hydrogen) atoms. The third-order valence-corrected chi connectivity index (χ3v) is 6.34. The largest absolute Gasteiger partial charge is 0.384 e. The van der Waals surface area contributed by atoms with E-state index in [0.717, 1.165) is 12.1 Å². The van der Waals surface area contributed by atoms with Crippen LogP contribution in [0.4, 0.5) is 5.69 Å². The summed E-state index contributed by atoms with van der Waals surface area (Å²) >= 11 is 1.34. The number of carbonyl (C=O) groups excluding carboxylic acids is 2. The molecule has 2 amide bonds. The number of fused-ring (bicyclic) bond motifs is 4. The molecule has 2 aliphatic rings. The maximum Gasteiger partial charge on any atom is 0.274 e. The van der Waals surface area contributed by atoms with Crippen molar-refractivity contribution < 1.29 is 14.3 Å². The molecule has 7 nitrogen and oxygen atoms in total. The minimum absolute atomic E-state index is 0.104.